The molecule has 0 amide bonds. The van der Waals surface area contributed by atoms with E-state index < -0.39 is 0 Å². The van der Waals surface area contributed by atoms with Crippen LogP contribution in [0.15, 0.2) is 35.7 Å². The third kappa shape index (κ3) is 4.42. The molecule has 19 heavy (non-hydrogen) atoms. The molecular weight excluding hydrogens is 261 g/mol. The summed E-state index contributed by atoms with van der Waals surface area (Å²) in [4.78, 5) is 1.30. The average Bonchev–Trinajstić information content (AvgIpc) is 2.91. The Balaban J connectivity index is 1.83. The number of thiophene rings is 1. The van der Waals surface area contributed by atoms with E-state index in [1.165, 1.54) is 10.9 Å². The SMILES string of the molecule is CNCc1ccc(F)c(COCCc2cccs2)c1. The summed E-state index contributed by atoms with van der Waals surface area (Å²) < 4.78 is 19.2. The molecule has 0 radical (unpaired) electrons. The van der Waals surface area contributed by atoms with Crippen LogP contribution in [0, 0.1) is 5.82 Å². The number of rotatable bonds is 7. The molecule has 1 N–H and O–H groups in total. The smallest absolute Gasteiger partial charge is 0.128 e. The van der Waals surface area contributed by atoms with Crippen molar-refractivity contribution in [3.05, 3.63) is 57.5 Å². The van der Waals surface area contributed by atoms with E-state index in [2.05, 4.69) is 16.8 Å². The fourth-order valence-corrected chi connectivity index (χ4v) is 2.55. The van der Waals surface area contributed by atoms with Crippen LogP contribution in [0.4, 0.5) is 4.39 Å². The first-order chi connectivity index (χ1) is 9.29. The minimum Gasteiger partial charge on any atom is -0.376 e. The monoisotopic (exact) mass is 279 g/mol. The maximum atomic E-state index is 13.6. The molecule has 0 aliphatic carbocycles. The van der Waals surface area contributed by atoms with Crippen LogP contribution in [-0.2, 0) is 24.3 Å². The minimum atomic E-state index is -0.198. The number of hydrogen-bond donors (Lipinski definition) is 1. The van der Waals surface area contributed by atoms with Crippen molar-refractivity contribution in [2.24, 2.45) is 0 Å². The summed E-state index contributed by atoms with van der Waals surface area (Å²) >= 11 is 1.72. The molecular formula is C15H18FNOS. The van der Waals surface area contributed by atoms with Crippen LogP contribution >= 0.6 is 11.3 Å². The van der Waals surface area contributed by atoms with Gasteiger partial charge in [0.25, 0.3) is 0 Å². The number of benzene rings is 1. The van der Waals surface area contributed by atoms with Crippen LogP contribution in [-0.4, -0.2) is 13.7 Å². The first-order valence-corrected chi connectivity index (χ1v) is 7.19. The fourth-order valence-electron chi connectivity index (χ4n) is 1.86. The van der Waals surface area contributed by atoms with Gasteiger partial charge in [0.05, 0.1) is 13.2 Å². The molecule has 0 unspecified atom stereocenters. The normalized spacial score (nSPS) is 10.8. The molecule has 0 spiro atoms. The van der Waals surface area contributed by atoms with Crippen molar-refractivity contribution in [3.8, 4) is 0 Å². The van der Waals surface area contributed by atoms with Crippen LogP contribution < -0.4 is 5.32 Å². The highest BCUT2D eigenvalue weighted by Crippen LogP contribution is 2.13. The van der Waals surface area contributed by atoms with E-state index in [1.54, 1.807) is 17.4 Å². The van der Waals surface area contributed by atoms with Crippen LogP contribution in [0.2, 0.25) is 0 Å². The lowest BCUT2D eigenvalue weighted by atomic mass is 10.1. The number of ether oxygens (including phenoxy) is 1. The van der Waals surface area contributed by atoms with E-state index >= 15 is 0 Å². The molecule has 1 aromatic carbocycles. The second-order valence-corrected chi connectivity index (χ2v) is 5.37. The van der Waals surface area contributed by atoms with Gasteiger partial charge >= 0.3 is 0 Å². The molecule has 0 atom stereocenters. The molecule has 0 saturated carbocycles. The summed E-state index contributed by atoms with van der Waals surface area (Å²) in [7, 11) is 1.88. The Morgan fingerprint density at radius 3 is 2.95 bits per heavy atom. The molecule has 2 aromatic rings. The van der Waals surface area contributed by atoms with E-state index in [0.29, 0.717) is 18.8 Å². The summed E-state index contributed by atoms with van der Waals surface area (Å²) in [5.41, 5.74) is 1.69. The second-order valence-electron chi connectivity index (χ2n) is 4.34. The van der Waals surface area contributed by atoms with E-state index in [-0.39, 0.29) is 5.82 Å². The van der Waals surface area contributed by atoms with Crippen molar-refractivity contribution in [2.75, 3.05) is 13.7 Å². The van der Waals surface area contributed by atoms with Crippen LogP contribution in [0.5, 0.6) is 0 Å². The van der Waals surface area contributed by atoms with Crippen molar-refractivity contribution in [2.45, 2.75) is 19.6 Å². The van der Waals surface area contributed by atoms with E-state index in [0.717, 1.165) is 18.5 Å². The minimum absolute atomic E-state index is 0.198. The summed E-state index contributed by atoms with van der Waals surface area (Å²) in [5, 5.41) is 5.11. The number of halogens is 1. The molecule has 0 bridgehead atoms. The van der Waals surface area contributed by atoms with Gasteiger partial charge in [0.2, 0.25) is 0 Å². The third-order valence-electron chi connectivity index (χ3n) is 2.82. The zero-order valence-electron chi connectivity index (χ0n) is 11.0. The predicted molar refractivity (Wildman–Crippen MR) is 76.8 cm³/mol. The molecule has 4 heteroatoms. The molecule has 1 aromatic heterocycles. The standard InChI is InChI=1S/C15H18FNOS/c1-17-10-12-4-5-15(16)13(9-12)11-18-7-6-14-3-2-8-19-14/h2-5,8-9,17H,6-7,10-11H2,1H3. The molecule has 2 rings (SSSR count). The van der Waals surface area contributed by atoms with Gasteiger partial charge in [0.1, 0.15) is 5.82 Å². The number of nitrogens with one attached hydrogen (secondary N) is 1. The van der Waals surface area contributed by atoms with Gasteiger partial charge < -0.3 is 10.1 Å². The quantitative estimate of drug-likeness (QED) is 0.785. The highest BCUT2D eigenvalue weighted by Gasteiger charge is 2.04. The Morgan fingerprint density at radius 2 is 2.21 bits per heavy atom. The Hall–Kier alpha value is -1.23. The summed E-state index contributed by atoms with van der Waals surface area (Å²) in [6.07, 6.45) is 0.884. The molecule has 0 aliphatic rings. The van der Waals surface area contributed by atoms with Gasteiger partial charge in [0, 0.05) is 23.4 Å². The topological polar surface area (TPSA) is 21.3 Å². The van der Waals surface area contributed by atoms with Gasteiger partial charge in [-0.3, -0.25) is 0 Å². The van der Waals surface area contributed by atoms with E-state index in [9.17, 15) is 4.39 Å². The Bertz CT molecular complexity index is 499. The van der Waals surface area contributed by atoms with E-state index in [4.69, 9.17) is 4.74 Å². The van der Waals surface area contributed by atoms with Crippen molar-refractivity contribution in [1.29, 1.82) is 0 Å². The maximum absolute atomic E-state index is 13.6. The molecule has 102 valence electrons. The van der Waals surface area contributed by atoms with Crippen molar-refractivity contribution < 1.29 is 9.13 Å². The highest BCUT2D eigenvalue weighted by molar-refractivity contribution is 7.09. The van der Waals surface area contributed by atoms with Crippen LogP contribution in [0.25, 0.3) is 0 Å². The zero-order valence-corrected chi connectivity index (χ0v) is 11.8. The molecule has 1 heterocycles. The van der Waals surface area contributed by atoms with Crippen molar-refractivity contribution >= 4 is 11.3 Å². The predicted octanol–water partition coefficient (Wildman–Crippen LogP) is 3.37. The summed E-state index contributed by atoms with van der Waals surface area (Å²) in [6, 6.07) is 9.27. The Morgan fingerprint density at radius 1 is 1.32 bits per heavy atom. The average molecular weight is 279 g/mol. The third-order valence-corrected chi connectivity index (χ3v) is 3.76. The van der Waals surface area contributed by atoms with Gasteiger partial charge in [-0.2, -0.15) is 0 Å². The highest BCUT2D eigenvalue weighted by atomic mass is 32.1. The number of hydrogen-bond acceptors (Lipinski definition) is 3. The summed E-state index contributed by atoms with van der Waals surface area (Å²) in [5.74, 6) is -0.198. The first-order valence-electron chi connectivity index (χ1n) is 6.31. The second kappa shape index (κ2) is 7.38. The lowest BCUT2D eigenvalue weighted by Gasteiger charge is -2.07. The van der Waals surface area contributed by atoms with Gasteiger partial charge in [-0.25, -0.2) is 4.39 Å². The lowest BCUT2D eigenvalue weighted by molar-refractivity contribution is 0.122. The van der Waals surface area contributed by atoms with Crippen molar-refractivity contribution in [3.63, 3.8) is 0 Å². The van der Waals surface area contributed by atoms with Crippen molar-refractivity contribution in [1.82, 2.24) is 5.32 Å². The lowest BCUT2D eigenvalue weighted by Crippen LogP contribution is -2.06. The summed E-state index contributed by atoms with van der Waals surface area (Å²) in [6.45, 7) is 1.69. The molecule has 0 aliphatic heterocycles. The molecule has 0 saturated heterocycles. The maximum Gasteiger partial charge on any atom is 0.128 e. The zero-order chi connectivity index (χ0) is 13.5. The van der Waals surface area contributed by atoms with Crippen LogP contribution in [0.3, 0.4) is 0 Å². The van der Waals surface area contributed by atoms with Gasteiger partial charge in [-0.05, 0) is 36.2 Å². The van der Waals surface area contributed by atoms with Gasteiger partial charge in [-0.1, -0.05) is 12.1 Å². The molecule has 2 nitrogen and oxygen atoms in total. The first kappa shape index (κ1) is 14.2. The van der Waals surface area contributed by atoms with E-state index in [1.807, 2.05) is 19.2 Å². The van der Waals surface area contributed by atoms with Gasteiger partial charge in [0.15, 0.2) is 0 Å². The van der Waals surface area contributed by atoms with Crippen LogP contribution in [0.1, 0.15) is 16.0 Å². The molecule has 0 fully saturated rings. The van der Waals surface area contributed by atoms with Gasteiger partial charge in [-0.15, -0.1) is 11.3 Å². The Kier molecular flexibility index (Phi) is 5.51. The largest absolute Gasteiger partial charge is 0.376 e. The Labute approximate surface area is 117 Å². The fraction of sp³-hybridized carbons (Fsp3) is 0.333.